The van der Waals surface area contributed by atoms with Gasteiger partial charge >= 0.3 is 12.0 Å². The van der Waals surface area contributed by atoms with Crippen LogP contribution < -0.4 is 9.64 Å². The van der Waals surface area contributed by atoms with Gasteiger partial charge in [-0.1, -0.05) is 5.10 Å². The zero-order chi connectivity index (χ0) is 31.8. The molecule has 1 aromatic carbocycles. The Labute approximate surface area is 260 Å². The van der Waals surface area contributed by atoms with Crippen molar-refractivity contribution in [1.82, 2.24) is 19.7 Å². The second-order valence-corrected chi connectivity index (χ2v) is 13.3. The molecule has 1 N–H and O–H groups in total. The van der Waals surface area contributed by atoms with E-state index in [2.05, 4.69) is 15.1 Å². The van der Waals surface area contributed by atoms with Gasteiger partial charge in [-0.15, -0.1) is 5.10 Å². The van der Waals surface area contributed by atoms with Gasteiger partial charge in [-0.2, -0.15) is 0 Å². The molecule has 11 nitrogen and oxygen atoms in total. The van der Waals surface area contributed by atoms with Crippen molar-refractivity contribution in [2.75, 3.05) is 24.6 Å². The van der Waals surface area contributed by atoms with Gasteiger partial charge in [0.05, 0.1) is 24.4 Å². The lowest BCUT2D eigenvalue weighted by Gasteiger charge is -2.30. The van der Waals surface area contributed by atoms with E-state index in [0.29, 0.717) is 77.1 Å². The summed E-state index contributed by atoms with van der Waals surface area (Å²) < 4.78 is 41.6. The van der Waals surface area contributed by atoms with Crippen LogP contribution in [0.5, 0.6) is 5.75 Å². The van der Waals surface area contributed by atoms with E-state index >= 15 is 4.39 Å². The van der Waals surface area contributed by atoms with Crippen LogP contribution >= 0.6 is 0 Å². The summed E-state index contributed by atoms with van der Waals surface area (Å²) in [7, 11) is 1.85. The van der Waals surface area contributed by atoms with Gasteiger partial charge in [-0.05, 0) is 83.6 Å². The van der Waals surface area contributed by atoms with Gasteiger partial charge in [-0.3, -0.25) is 0 Å². The summed E-state index contributed by atoms with van der Waals surface area (Å²) in [6.45, 7) is 10.9. The number of halogens is 1. The molecule has 0 radical (unpaired) electrons. The number of hydrogen-bond acceptors (Lipinski definition) is 9. The van der Waals surface area contributed by atoms with E-state index in [-0.39, 0.29) is 18.0 Å². The SMILES string of the molecule is Cc1nc2c(cc(-c3nnc(N4CC5CCC(C4)O5)o3)n2C)c(-c2cc(F)c3c(c2C)CCCO3)c1[C@H](OC(C)(C)C)C(=O)O. The van der Waals surface area contributed by atoms with E-state index in [9.17, 15) is 9.90 Å². The summed E-state index contributed by atoms with van der Waals surface area (Å²) in [4.78, 5) is 19.8. The fraction of sp³-hybridized carbons (Fsp3) is 0.515. The fourth-order valence-corrected chi connectivity index (χ4v) is 6.99. The lowest BCUT2D eigenvalue weighted by atomic mass is 9.86. The van der Waals surface area contributed by atoms with E-state index in [1.807, 2.05) is 24.6 Å². The molecule has 12 heteroatoms. The second kappa shape index (κ2) is 10.8. The van der Waals surface area contributed by atoms with Crippen molar-refractivity contribution in [3.05, 3.63) is 40.3 Å². The topological polar surface area (TPSA) is 125 Å². The number of anilines is 1. The molecule has 7 rings (SSSR count). The molecule has 2 bridgehead atoms. The smallest absolute Gasteiger partial charge is 0.337 e. The Morgan fingerprint density at radius 1 is 1.16 bits per heavy atom. The van der Waals surface area contributed by atoms with Crippen LogP contribution in [0.2, 0.25) is 0 Å². The molecule has 0 aliphatic carbocycles. The molecular weight excluding hydrogens is 581 g/mol. The lowest BCUT2D eigenvalue weighted by molar-refractivity contribution is -0.160. The molecule has 45 heavy (non-hydrogen) atoms. The van der Waals surface area contributed by atoms with Crippen molar-refractivity contribution in [3.63, 3.8) is 0 Å². The first-order valence-electron chi connectivity index (χ1n) is 15.5. The van der Waals surface area contributed by atoms with Crippen molar-refractivity contribution >= 4 is 23.0 Å². The number of hydrogen-bond donors (Lipinski definition) is 1. The predicted octanol–water partition coefficient (Wildman–Crippen LogP) is 5.68. The predicted molar refractivity (Wildman–Crippen MR) is 164 cm³/mol. The van der Waals surface area contributed by atoms with Crippen molar-refractivity contribution in [3.8, 4) is 28.5 Å². The summed E-state index contributed by atoms with van der Waals surface area (Å²) in [6.07, 6.45) is 2.42. The summed E-state index contributed by atoms with van der Waals surface area (Å²) in [6, 6.07) is 3.74. The average molecular weight is 620 g/mol. The van der Waals surface area contributed by atoms with E-state index in [1.165, 1.54) is 6.07 Å². The Morgan fingerprint density at radius 2 is 1.89 bits per heavy atom. The maximum absolute atomic E-state index is 15.7. The average Bonchev–Trinajstić information content (AvgIpc) is 3.70. The third-order valence-electron chi connectivity index (χ3n) is 9.01. The van der Waals surface area contributed by atoms with Crippen LogP contribution in [0.25, 0.3) is 33.7 Å². The number of carboxylic acids is 1. The fourth-order valence-electron chi connectivity index (χ4n) is 6.99. The molecule has 3 aliphatic heterocycles. The number of nitrogens with zero attached hydrogens (tertiary/aromatic N) is 5. The summed E-state index contributed by atoms with van der Waals surface area (Å²) in [5, 5.41) is 19.9. The largest absolute Gasteiger partial charge is 0.490 e. The number of aliphatic carboxylic acids is 1. The minimum absolute atomic E-state index is 0.160. The Balaban J connectivity index is 1.44. The molecule has 2 unspecified atom stereocenters. The molecule has 3 atom stereocenters. The van der Waals surface area contributed by atoms with E-state index in [1.54, 1.807) is 27.7 Å². The van der Waals surface area contributed by atoms with Gasteiger partial charge < -0.3 is 33.2 Å². The third kappa shape index (κ3) is 5.13. The van der Waals surface area contributed by atoms with Crippen molar-refractivity contribution in [2.45, 2.75) is 84.2 Å². The molecule has 3 aromatic heterocycles. The monoisotopic (exact) mass is 619 g/mol. The van der Waals surface area contributed by atoms with Crippen molar-refractivity contribution in [2.24, 2.45) is 7.05 Å². The Morgan fingerprint density at radius 3 is 2.58 bits per heavy atom. The minimum atomic E-state index is -1.36. The molecule has 238 valence electrons. The van der Waals surface area contributed by atoms with E-state index in [4.69, 9.17) is 23.6 Å². The number of carbonyl (C=O) groups is 1. The number of morpholine rings is 1. The summed E-state index contributed by atoms with van der Waals surface area (Å²) in [5.41, 5.74) is 3.95. The third-order valence-corrected chi connectivity index (χ3v) is 9.01. The molecule has 3 aliphatic rings. The van der Waals surface area contributed by atoms with Crippen LogP contribution in [0.15, 0.2) is 16.5 Å². The highest BCUT2D eigenvalue weighted by Crippen LogP contribution is 2.45. The normalized spacial score (nSPS) is 20.4. The Kier molecular flexibility index (Phi) is 7.12. The standard InChI is InChI=1S/C33H38FN5O6/c1-16-20-8-7-11-42-27(20)23(34)12-21(16)26-22-13-24(30-36-37-32(44-30)39-14-18-9-10-19(15-39)43-18)38(6)29(22)35-17(2)25(26)28(31(40)41)45-33(3,4)5/h12-13,18-19,28H,7-11,14-15H2,1-6H3,(H,40,41)/t18?,19?,28-/m0/s1. The van der Waals surface area contributed by atoms with Crippen LogP contribution in [0.4, 0.5) is 10.4 Å². The molecular formula is C33H38FN5O6. The van der Waals surface area contributed by atoms with Gasteiger partial charge in [-0.25, -0.2) is 14.2 Å². The number of fused-ring (bicyclic) bond motifs is 4. The molecule has 2 saturated heterocycles. The maximum atomic E-state index is 15.7. The van der Waals surface area contributed by atoms with Crippen LogP contribution in [0.3, 0.4) is 0 Å². The van der Waals surface area contributed by atoms with Gasteiger partial charge in [0.25, 0.3) is 5.89 Å². The van der Waals surface area contributed by atoms with E-state index in [0.717, 1.165) is 30.4 Å². The molecule has 0 spiro atoms. The van der Waals surface area contributed by atoms with Crippen LogP contribution in [-0.2, 0) is 27.7 Å². The number of carboxylic acid groups (broad SMARTS) is 1. The van der Waals surface area contributed by atoms with Gasteiger partial charge in [0, 0.05) is 47.9 Å². The molecule has 0 amide bonds. The molecule has 2 fully saturated rings. The van der Waals surface area contributed by atoms with Crippen LogP contribution in [0.1, 0.15) is 68.5 Å². The first-order valence-corrected chi connectivity index (χ1v) is 15.5. The second-order valence-electron chi connectivity index (χ2n) is 13.3. The highest BCUT2D eigenvalue weighted by Gasteiger charge is 2.37. The zero-order valence-corrected chi connectivity index (χ0v) is 26.4. The quantitative estimate of drug-likeness (QED) is 0.288. The highest BCUT2D eigenvalue weighted by atomic mass is 19.1. The zero-order valence-electron chi connectivity index (χ0n) is 26.4. The number of aryl methyl sites for hydroxylation is 2. The molecule has 6 heterocycles. The first-order chi connectivity index (χ1) is 21.4. The number of aromatic nitrogens is 4. The summed E-state index contributed by atoms with van der Waals surface area (Å²) in [5.74, 6) is -1.08. The van der Waals surface area contributed by atoms with Crippen LogP contribution in [0, 0.1) is 19.7 Å². The first kappa shape index (κ1) is 29.7. The van der Waals surface area contributed by atoms with E-state index < -0.39 is 23.5 Å². The van der Waals surface area contributed by atoms with Crippen molar-refractivity contribution in [1.29, 1.82) is 0 Å². The summed E-state index contributed by atoms with van der Waals surface area (Å²) >= 11 is 0. The van der Waals surface area contributed by atoms with Gasteiger partial charge in [0.2, 0.25) is 0 Å². The number of benzene rings is 1. The highest BCUT2D eigenvalue weighted by molar-refractivity contribution is 6.01. The molecule has 4 aromatic rings. The Hall–Kier alpha value is -4.03. The van der Waals surface area contributed by atoms with Crippen LogP contribution in [-0.4, -0.2) is 68.3 Å². The Bertz CT molecular complexity index is 1810. The number of rotatable bonds is 6. The maximum Gasteiger partial charge on any atom is 0.337 e. The number of ether oxygens (including phenoxy) is 3. The van der Waals surface area contributed by atoms with Crippen molar-refractivity contribution < 1.29 is 32.9 Å². The number of pyridine rings is 1. The van der Waals surface area contributed by atoms with Gasteiger partial charge in [0.1, 0.15) is 11.3 Å². The van der Waals surface area contributed by atoms with Gasteiger partial charge in [0.15, 0.2) is 17.7 Å². The minimum Gasteiger partial charge on any atom is -0.490 e. The molecule has 0 saturated carbocycles. The lowest BCUT2D eigenvalue weighted by Crippen LogP contribution is -2.42.